The first-order valence-corrected chi connectivity index (χ1v) is 7.75. The molecule has 1 fully saturated rings. The van der Waals surface area contributed by atoms with Gasteiger partial charge < -0.3 is 19.7 Å². The van der Waals surface area contributed by atoms with Crippen LogP contribution in [0.5, 0.6) is 0 Å². The predicted molar refractivity (Wildman–Crippen MR) is 98.7 cm³/mol. The summed E-state index contributed by atoms with van der Waals surface area (Å²) in [6.45, 7) is 8.04. The third-order valence-corrected chi connectivity index (χ3v) is 3.83. The van der Waals surface area contributed by atoms with Gasteiger partial charge in [-0.1, -0.05) is 6.92 Å². The van der Waals surface area contributed by atoms with Crippen molar-refractivity contribution in [1.82, 2.24) is 10.2 Å². The van der Waals surface area contributed by atoms with Crippen molar-refractivity contribution in [3.63, 3.8) is 0 Å². The van der Waals surface area contributed by atoms with E-state index in [1.807, 2.05) is 6.92 Å². The second-order valence-electron chi connectivity index (χ2n) is 5.39. The maximum absolute atomic E-state index is 11.7. The maximum Gasteiger partial charge on any atom is 0.310 e. The fraction of sp³-hybridized carbons (Fsp3) is 0.867. The van der Waals surface area contributed by atoms with Gasteiger partial charge in [0.05, 0.1) is 13.0 Å². The van der Waals surface area contributed by atoms with Crippen molar-refractivity contribution < 1.29 is 14.3 Å². The van der Waals surface area contributed by atoms with Crippen LogP contribution in [0.2, 0.25) is 0 Å². The number of nitrogens with zero attached hydrogens (tertiary/aromatic N) is 2. The Morgan fingerprint density at radius 2 is 2.09 bits per heavy atom. The molecule has 0 bridgehead atoms. The summed E-state index contributed by atoms with van der Waals surface area (Å²) in [5.41, 5.74) is 0. The van der Waals surface area contributed by atoms with Gasteiger partial charge in [0, 0.05) is 39.9 Å². The predicted octanol–water partition coefficient (Wildman–Crippen LogP) is 1.74. The Morgan fingerprint density at radius 1 is 1.36 bits per heavy atom. The SMILES string of the molecule is CCOCCCCNC(=NC)N1CC(C)C(C(=O)OC)C1.I. The van der Waals surface area contributed by atoms with Gasteiger partial charge >= 0.3 is 5.97 Å². The molecule has 7 heteroatoms. The summed E-state index contributed by atoms with van der Waals surface area (Å²) >= 11 is 0. The highest BCUT2D eigenvalue weighted by molar-refractivity contribution is 14.0. The zero-order valence-electron chi connectivity index (χ0n) is 14.1. The minimum Gasteiger partial charge on any atom is -0.469 e. The zero-order chi connectivity index (χ0) is 15.7. The summed E-state index contributed by atoms with van der Waals surface area (Å²) in [5.74, 6) is 0.960. The van der Waals surface area contributed by atoms with Crippen molar-refractivity contribution in [3.05, 3.63) is 0 Å². The molecule has 6 nitrogen and oxygen atoms in total. The number of carbonyl (C=O) groups excluding carboxylic acids is 1. The second-order valence-corrected chi connectivity index (χ2v) is 5.39. The fourth-order valence-electron chi connectivity index (χ4n) is 2.60. The first kappa shape index (κ1) is 21.4. The van der Waals surface area contributed by atoms with E-state index in [9.17, 15) is 4.79 Å². The molecule has 0 radical (unpaired) electrons. The third kappa shape index (κ3) is 6.68. The van der Waals surface area contributed by atoms with E-state index in [0.29, 0.717) is 6.54 Å². The Hall–Kier alpha value is -0.570. The second kappa shape index (κ2) is 11.9. The maximum atomic E-state index is 11.7. The quantitative estimate of drug-likeness (QED) is 0.221. The fourth-order valence-corrected chi connectivity index (χ4v) is 2.60. The molecule has 2 atom stereocenters. The lowest BCUT2D eigenvalue weighted by Gasteiger charge is -2.21. The Morgan fingerprint density at radius 3 is 2.68 bits per heavy atom. The van der Waals surface area contributed by atoms with E-state index >= 15 is 0 Å². The molecule has 1 N–H and O–H groups in total. The summed E-state index contributed by atoms with van der Waals surface area (Å²) in [5, 5.41) is 3.35. The highest BCUT2D eigenvalue weighted by atomic mass is 127. The number of unbranched alkanes of at least 4 members (excludes halogenated alkanes) is 1. The summed E-state index contributed by atoms with van der Waals surface area (Å²) in [4.78, 5) is 18.2. The molecule has 0 aromatic carbocycles. The smallest absolute Gasteiger partial charge is 0.310 e. The van der Waals surface area contributed by atoms with E-state index in [1.54, 1.807) is 7.05 Å². The number of hydrogen-bond acceptors (Lipinski definition) is 4. The summed E-state index contributed by atoms with van der Waals surface area (Å²) in [7, 11) is 3.22. The molecule has 22 heavy (non-hydrogen) atoms. The van der Waals surface area contributed by atoms with Crippen molar-refractivity contribution in [1.29, 1.82) is 0 Å². The third-order valence-electron chi connectivity index (χ3n) is 3.83. The van der Waals surface area contributed by atoms with Crippen molar-refractivity contribution in [2.75, 3.05) is 47.0 Å². The van der Waals surface area contributed by atoms with Crippen LogP contribution in [0, 0.1) is 11.8 Å². The zero-order valence-corrected chi connectivity index (χ0v) is 16.5. The van der Waals surface area contributed by atoms with E-state index < -0.39 is 0 Å². The van der Waals surface area contributed by atoms with Crippen LogP contribution in [0.1, 0.15) is 26.7 Å². The van der Waals surface area contributed by atoms with Crippen LogP contribution >= 0.6 is 24.0 Å². The first-order valence-electron chi connectivity index (χ1n) is 7.75. The van der Waals surface area contributed by atoms with Gasteiger partial charge in [0.25, 0.3) is 0 Å². The van der Waals surface area contributed by atoms with Gasteiger partial charge in [-0.3, -0.25) is 9.79 Å². The van der Waals surface area contributed by atoms with E-state index in [4.69, 9.17) is 9.47 Å². The van der Waals surface area contributed by atoms with Crippen LogP contribution in [0.15, 0.2) is 4.99 Å². The number of rotatable bonds is 7. The lowest BCUT2D eigenvalue weighted by atomic mass is 9.99. The average molecular weight is 427 g/mol. The van der Waals surface area contributed by atoms with E-state index in [2.05, 4.69) is 22.1 Å². The van der Waals surface area contributed by atoms with Gasteiger partial charge in [-0.2, -0.15) is 0 Å². The molecule has 0 spiro atoms. The molecule has 1 aliphatic heterocycles. The Bertz CT molecular complexity index is 353. The number of guanidine groups is 1. The van der Waals surface area contributed by atoms with E-state index in [0.717, 1.165) is 45.1 Å². The molecule has 1 saturated heterocycles. The Kier molecular flexibility index (Phi) is 11.6. The van der Waals surface area contributed by atoms with Crippen molar-refractivity contribution in [3.8, 4) is 0 Å². The molecule has 1 rings (SSSR count). The highest BCUT2D eigenvalue weighted by Gasteiger charge is 2.36. The molecule has 0 aromatic heterocycles. The van der Waals surface area contributed by atoms with Crippen molar-refractivity contribution in [2.45, 2.75) is 26.7 Å². The largest absolute Gasteiger partial charge is 0.469 e. The van der Waals surface area contributed by atoms with Crippen LogP contribution in [0.4, 0.5) is 0 Å². The van der Waals surface area contributed by atoms with Gasteiger partial charge in [-0.25, -0.2) is 0 Å². The molecular weight excluding hydrogens is 397 g/mol. The molecule has 1 aliphatic rings. The highest BCUT2D eigenvalue weighted by Crippen LogP contribution is 2.23. The van der Waals surface area contributed by atoms with Crippen molar-refractivity contribution >= 4 is 35.9 Å². The number of aliphatic imine (C=N–C) groups is 1. The molecule has 130 valence electrons. The van der Waals surface area contributed by atoms with Crippen LogP contribution in [0.3, 0.4) is 0 Å². The summed E-state index contributed by atoms with van der Waals surface area (Å²) in [6.07, 6.45) is 2.09. The topological polar surface area (TPSA) is 63.2 Å². The standard InChI is InChI=1S/C15H29N3O3.HI/c1-5-21-9-7-6-8-17-15(16-3)18-10-12(2)13(11-18)14(19)20-4;/h12-13H,5-11H2,1-4H3,(H,16,17);1H. The molecule has 0 amide bonds. The molecular formula is C15H30IN3O3. The van der Waals surface area contributed by atoms with Gasteiger partial charge in [-0.15, -0.1) is 24.0 Å². The minimum atomic E-state index is -0.128. The lowest BCUT2D eigenvalue weighted by molar-refractivity contribution is -0.145. The van der Waals surface area contributed by atoms with Gasteiger partial charge in [0.15, 0.2) is 5.96 Å². The minimum absolute atomic E-state index is 0. The average Bonchev–Trinajstić information content (AvgIpc) is 2.87. The van der Waals surface area contributed by atoms with E-state index in [-0.39, 0.29) is 41.8 Å². The van der Waals surface area contributed by atoms with Crippen LogP contribution in [0.25, 0.3) is 0 Å². The number of ether oxygens (including phenoxy) is 2. The Balaban J connectivity index is 0.00000441. The van der Waals surface area contributed by atoms with Crippen LogP contribution in [-0.2, 0) is 14.3 Å². The van der Waals surface area contributed by atoms with E-state index in [1.165, 1.54) is 7.11 Å². The number of nitrogens with one attached hydrogen (secondary N) is 1. The number of methoxy groups -OCH3 is 1. The molecule has 0 aromatic rings. The number of carbonyl (C=O) groups is 1. The van der Waals surface area contributed by atoms with Gasteiger partial charge in [-0.05, 0) is 25.7 Å². The molecule has 0 saturated carbocycles. The number of halogens is 1. The monoisotopic (exact) mass is 427 g/mol. The molecule has 1 heterocycles. The molecule has 0 aliphatic carbocycles. The van der Waals surface area contributed by atoms with Crippen LogP contribution < -0.4 is 5.32 Å². The van der Waals surface area contributed by atoms with Gasteiger partial charge in [0.2, 0.25) is 0 Å². The normalized spacial score (nSPS) is 21.5. The van der Waals surface area contributed by atoms with Crippen molar-refractivity contribution in [2.24, 2.45) is 16.8 Å². The summed E-state index contributed by atoms with van der Waals surface area (Å²) < 4.78 is 10.2. The van der Waals surface area contributed by atoms with Crippen LogP contribution in [-0.4, -0.2) is 63.8 Å². The number of likely N-dealkylation sites (tertiary alicyclic amines) is 1. The Labute approximate surface area is 151 Å². The first-order chi connectivity index (χ1) is 10.1. The summed E-state index contributed by atoms with van der Waals surface area (Å²) in [6, 6.07) is 0. The van der Waals surface area contributed by atoms with Gasteiger partial charge in [0.1, 0.15) is 0 Å². The number of esters is 1. The molecule has 2 unspecified atom stereocenters. The number of hydrogen-bond donors (Lipinski definition) is 1. The lowest BCUT2D eigenvalue weighted by Crippen LogP contribution is -2.41.